The van der Waals surface area contributed by atoms with Crippen LogP contribution in [0.5, 0.6) is 11.5 Å². The Morgan fingerprint density at radius 2 is 1.77 bits per heavy atom. The van der Waals surface area contributed by atoms with E-state index in [4.69, 9.17) is 37.8 Å². The minimum absolute atomic E-state index is 0.00764. The third kappa shape index (κ3) is 3.86. The fourth-order valence-corrected chi connectivity index (χ4v) is 4.68. The fraction of sp³-hybridized carbons (Fsp3) is 0.240. The summed E-state index contributed by atoms with van der Waals surface area (Å²) in [7, 11) is 0. The van der Waals surface area contributed by atoms with Crippen molar-refractivity contribution in [3.8, 4) is 11.5 Å². The Bertz CT molecular complexity index is 1130. The molecular formula is C25H22Cl2N2O2. The predicted molar refractivity (Wildman–Crippen MR) is 124 cm³/mol. The molecule has 0 N–H and O–H groups in total. The van der Waals surface area contributed by atoms with Crippen LogP contribution in [-0.4, -0.2) is 16.8 Å². The van der Waals surface area contributed by atoms with E-state index in [9.17, 15) is 0 Å². The van der Waals surface area contributed by atoms with Crippen LogP contribution in [0.3, 0.4) is 0 Å². The maximum atomic E-state index is 6.54. The van der Waals surface area contributed by atoms with E-state index >= 15 is 0 Å². The summed E-state index contributed by atoms with van der Waals surface area (Å²) in [4.78, 5) is 0. The van der Waals surface area contributed by atoms with E-state index in [0.29, 0.717) is 15.8 Å². The average Bonchev–Trinajstić information content (AvgIpc) is 3.20. The molecule has 6 heteroatoms. The zero-order valence-electron chi connectivity index (χ0n) is 17.3. The van der Waals surface area contributed by atoms with Crippen LogP contribution < -0.4 is 9.47 Å². The minimum Gasteiger partial charge on any atom is -0.491 e. The van der Waals surface area contributed by atoms with Crippen LogP contribution in [0.25, 0.3) is 0 Å². The number of hydrazone groups is 1. The Morgan fingerprint density at radius 3 is 2.48 bits per heavy atom. The SMILES string of the molecule is CC(C)Oc1ccc([C@@H]2Oc3c(Cl)cc(Cl)cc3[C@H]3CC(c4ccccc4)=NN32)cc1. The Kier molecular flexibility index (Phi) is 5.28. The number of halogens is 2. The highest BCUT2D eigenvalue weighted by molar-refractivity contribution is 6.35. The van der Waals surface area contributed by atoms with E-state index in [-0.39, 0.29) is 12.1 Å². The number of ether oxygens (including phenoxy) is 2. The normalized spacial score (nSPS) is 19.5. The van der Waals surface area contributed by atoms with E-state index in [1.54, 1.807) is 6.07 Å². The summed E-state index contributed by atoms with van der Waals surface area (Å²) in [5, 5.41) is 8.10. The molecule has 31 heavy (non-hydrogen) atoms. The maximum absolute atomic E-state index is 6.54. The van der Waals surface area contributed by atoms with Crippen molar-refractivity contribution in [1.82, 2.24) is 5.01 Å². The molecule has 0 spiro atoms. The van der Waals surface area contributed by atoms with Crippen molar-refractivity contribution in [2.24, 2.45) is 5.10 Å². The zero-order valence-corrected chi connectivity index (χ0v) is 18.8. The van der Waals surface area contributed by atoms with Gasteiger partial charge in [-0.2, -0.15) is 5.10 Å². The summed E-state index contributed by atoms with van der Waals surface area (Å²) in [5.41, 5.74) is 4.06. The third-order valence-corrected chi connectivity index (χ3v) is 5.95. The second kappa shape index (κ2) is 8.10. The largest absolute Gasteiger partial charge is 0.491 e. The van der Waals surface area contributed by atoms with Crippen molar-refractivity contribution >= 4 is 28.9 Å². The quantitative estimate of drug-likeness (QED) is 0.426. The van der Waals surface area contributed by atoms with Gasteiger partial charge >= 0.3 is 0 Å². The molecule has 0 aliphatic carbocycles. The van der Waals surface area contributed by atoms with E-state index in [1.165, 1.54) is 0 Å². The molecule has 4 nitrogen and oxygen atoms in total. The fourth-order valence-electron chi connectivity index (χ4n) is 4.12. The topological polar surface area (TPSA) is 34.1 Å². The summed E-state index contributed by atoms with van der Waals surface area (Å²) in [6.45, 7) is 4.02. The molecule has 0 aromatic heterocycles. The first-order valence-corrected chi connectivity index (χ1v) is 11.1. The first-order valence-electron chi connectivity index (χ1n) is 10.3. The van der Waals surface area contributed by atoms with E-state index in [0.717, 1.165) is 34.6 Å². The Balaban J connectivity index is 1.56. The summed E-state index contributed by atoms with van der Waals surface area (Å²) in [6.07, 6.45) is 0.473. The molecule has 5 rings (SSSR count). The molecule has 2 aliphatic rings. The Labute approximate surface area is 192 Å². The van der Waals surface area contributed by atoms with Crippen LogP contribution in [-0.2, 0) is 0 Å². The monoisotopic (exact) mass is 452 g/mol. The number of hydrogen-bond acceptors (Lipinski definition) is 4. The van der Waals surface area contributed by atoms with E-state index in [1.807, 2.05) is 67.4 Å². The van der Waals surface area contributed by atoms with Crippen molar-refractivity contribution in [3.05, 3.63) is 93.5 Å². The van der Waals surface area contributed by atoms with Crippen molar-refractivity contribution in [3.63, 3.8) is 0 Å². The van der Waals surface area contributed by atoms with Crippen LogP contribution in [0.2, 0.25) is 10.0 Å². The second-order valence-electron chi connectivity index (χ2n) is 8.02. The summed E-state index contributed by atoms with van der Waals surface area (Å²) >= 11 is 12.9. The highest BCUT2D eigenvalue weighted by atomic mass is 35.5. The van der Waals surface area contributed by atoms with Crippen molar-refractivity contribution in [2.45, 2.75) is 38.6 Å². The van der Waals surface area contributed by atoms with Gasteiger partial charge in [-0.05, 0) is 55.8 Å². The maximum Gasteiger partial charge on any atom is 0.213 e. The number of nitrogens with zero attached hydrogens (tertiary/aromatic N) is 2. The number of rotatable bonds is 4. The number of hydrogen-bond donors (Lipinski definition) is 0. The first kappa shape index (κ1) is 20.2. The molecule has 0 bridgehead atoms. The van der Waals surface area contributed by atoms with E-state index < -0.39 is 6.23 Å². The Morgan fingerprint density at radius 1 is 1.03 bits per heavy atom. The molecule has 0 radical (unpaired) electrons. The molecule has 0 unspecified atom stereocenters. The molecular weight excluding hydrogens is 431 g/mol. The van der Waals surface area contributed by atoms with Crippen molar-refractivity contribution in [1.29, 1.82) is 0 Å². The zero-order chi connectivity index (χ0) is 21.5. The van der Waals surface area contributed by atoms with E-state index in [2.05, 4.69) is 12.1 Å². The van der Waals surface area contributed by atoms with Gasteiger partial charge in [0.1, 0.15) is 11.5 Å². The lowest BCUT2D eigenvalue weighted by Gasteiger charge is -2.38. The van der Waals surface area contributed by atoms with Gasteiger partial charge in [0.15, 0.2) is 0 Å². The van der Waals surface area contributed by atoms with Gasteiger partial charge in [0.2, 0.25) is 6.23 Å². The molecule has 3 aromatic carbocycles. The lowest BCUT2D eigenvalue weighted by atomic mass is 9.96. The molecule has 2 heterocycles. The van der Waals surface area contributed by atoms with Crippen molar-refractivity contribution in [2.75, 3.05) is 0 Å². The third-order valence-electron chi connectivity index (χ3n) is 5.45. The van der Waals surface area contributed by atoms with Crippen molar-refractivity contribution < 1.29 is 9.47 Å². The number of benzene rings is 3. The van der Waals surface area contributed by atoms with Gasteiger partial charge in [-0.25, -0.2) is 5.01 Å². The summed E-state index contributed by atoms with van der Waals surface area (Å²) in [6, 6.07) is 21.8. The standard InChI is InChI=1S/C25H22Cl2N2O2/c1-15(2)30-19-10-8-17(9-11-19)25-29-23(14-22(28-29)16-6-4-3-5-7-16)20-12-18(26)13-21(27)24(20)31-25/h3-13,15,23,25H,14H2,1-2H3/t23-,25+/m1/s1. The molecule has 158 valence electrons. The minimum atomic E-state index is -0.398. The van der Waals surface area contributed by atoms with Gasteiger partial charge in [-0.1, -0.05) is 53.5 Å². The van der Waals surface area contributed by atoms with Gasteiger partial charge in [-0.15, -0.1) is 0 Å². The van der Waals surface area contributed by atoms with Crippen LogP contribution in [0.4, 0.5) is 0 Å². The lowest BCUT2D eigenvalue weighted by Crippen LogP contribution is -2.33. The van der Waals surface area contributed by atoms with Gasteiger partial charge in [0.05, 0.1) is 22.9 Å². The van der Waals surface area contributed by atoms with Crippen LogP contribution in [0.1, 0.15) is 49.2 Å². The molecule has 0 fully saturated rings. The van der Waals surface area contributed by atoms with Crippen LogP contribution >= 0.6 is 23.2 Å². The molecule has 2 aliphatic heterocycles. The molecule has 0 saturated carbocycles. The molecule has 3 aromatic rings. The highest BCUT2D eigenvalue weighted by Gasteiger charge is 2.42. The predicted octanol–water partition coefficient (Wildman–Crippen LogP) is 7.02. The average molecular weight is 453 g/mol. The first-order chi connectivity index (χ1) is 15.0. The second-order valence-corrected chi connectivity index (χ2v) is 8.87. The van der Waals surface area contributed by atoms with Crippen LogP contribution in [0.15, 0.2) is 71.8 Å². The lowest BCUT2D eigenvalue weighted by molar-refractivity contribution is -0.0189. The van der Waals surface area contributed by atoms with Gasteiger partial charge in [0.25, 0.3) is 0 Å². The Hall–Kier alpha value is -2.69. The molecule has 0 amide bonds. The highest BCUT2D eigenvalue weighted by Crippen LogP contribution is 2.50. The van der Waals surface area contributed by atoms with Crippen LogP contribution in [0, 0.1) is 0 Å². The van der Waals surface area contributed by atoms with Gasteiger partial charge in [-0.3, -0.25) is 0 Å². The smallest absolute Gasteiger partial charge is 0.213 e. The summed E-state index contributed by atoms with van der Waals surface area (Å²) < 4.78 is 12.2. The van der Waals surface area contributed by atoms with Gasteiger partial charge < -0.3 is 9.47 Å². The number of fused-ring (bicyclic) bond motifs is 3. The van der Waals surface area contributed by atoms with Gasteiger partial charge in [0, 0.05) is 22.6 Å². The molecule has 2 atom stereocenters. The molecule has 0 saturated heterocycles. The summed E-state index contributed by atoms with van der Waals surface area (Å²) in [5.74, 6) is 1.50.